The maximum absolute atomic E-state index is 12.4. The fourth-order valence-electron chi connectivity index (χ4n) is 4.14. The second kappa shape index (κ2) is 10.7. The van der Waals surface area contributed by atoms with Crippen LogP contribution in [0.15, 0.2) is 48.5 Å². The smallest absolute Gasteiger partial charge is 0.318 e. The largest absolute Gasteiger partial charge is 0.480 e. The summed E-state index contributed by atoms with van der Waals surface area (Å²) in [7, 11) is 0. The van der Waals surface area contributed by atoms with Crippen LogP contribution >= 0.6 is 0 Å². The van der Waals surface area contributed by atoms with Crippen LogP contribution < -0.4 is 9.80 Å². The van der Waals surface area contributed by atoms with Crippen LogP contribution in [0.3, 0.4) is 0 Å². The molecular weight excluding hydrogens is 384 g/mol. The first-order valence-corrected chi connectivity index (χ1v) is 11.6. The zero-order valence-corrected chi connectivity index (χ0v) is 20.4. The quantitative estimate of drug-likeness (QED) is 0.477. The summed E-state index contributed by atoms with van der Waals surface area (Å²) in [6, 6.07) is 16.1. The lowest BCUT2D eigenvalue weighted by molar-refractivity contribution is -0.141. The lowest BCUT2D eigenvalue weighted by Crippen LogP contribution is -2.34. The van der Waals surface area contributed by atoms with Gasteiger partial charge < -0.3 is 14.9 Å². The predicted octanol–water partition coefficient (Wildman–Crippen LogP) is 6.04. The molecule has 170 valence electrons. The Kier molecular flexibility index (Phi) is 8.55. The molecule has 4 nitrogen and oxygen atoms in total. The molecule has 0 amide bonds. The topological polar surface area (TPSA) is 43.8 Å². The van der Waals surface area contributed by atoms with Crippen LogP contribution in [0, 0.1) is 11.8 Å². The summed E-state index contributed by atoms with van der Waals surface area (Å²) in [6.07, 6.45) is 0. The molecule has 0 atom stereocenters. The molecule has 1 N–H and O–H groups in total. The average molecular weight is 425 g/mol. The number of benzene rings is 2. The lowest BCUT2D eigenvalue weighted by atomic mass is 9.76. The number of rotatable bonds is 11. The van der Waals surface area contributed by atoms with Gasteiger partial charge in [0, 0.05) is 37.6 Å². The van der Waals surface area contributed by atoms with Gasteiger partial charge in [0.1, 0.15) is 5.41 Å². The van der Waals surface area contributed by atoms with Crippen molar-refractivity contribution in [1.29, 1.82) is 0 Å². The van der Waals surface area contributed by atoms with Crippen LogP contribution in [0.5, 0.6) is 0 Å². The molecule has 0 unspecified atom stereocenters. The molecule has 0 fully saturated rings. The van der Waals surface area contributed by atoms with Crippen molar-refractivity contribution >= 4 is 17.3 Å². The van der Waals surface area contributed by atoms with E-state index in [9.17, 15) is 9.90 Å². The number of carbonyl (C=O) groups is 1. The highest BCUT2D eigenvalue weighted by Gasteiger charge is 2.37. The number of carboxylic acid groups (broad SMARTS) is 1. The first-order chi connectivity index (χ1) is 14.6. The van der Waals surface area contributed by atoms with Crippen molar-refractivity contribution < 1.29 is 9.90 Å². The molecule has 0 aliphatic carbocycles. The van der Waals surface area contributed by atoms with Crippen LogP contribution in [0.4, 0.5) is 11.4 Å². The number of nitrogens with zero attached hydrogens (tertiary/aromatic N) is 2. The third kappa shape index (κ3) is 5.81. The van der Waals surface area contributed by atoms with E-state index in [1.54, 1.807) is 6.92 Å². The Hall–Kier alpha value is -2.49. The zero-order chi connectivity index (χ0) is 23.2. The van der Waals surface area contributed by atoms with Gasteiger partial charge in [0.15, 0.2) is 0 Å². The Labute approximate surface area is 188 Å². The summed E-state index contributed by atoms with van der Waals surface area (Å²) in [4.78, 5) is 17.1. The Balaban J connectivity index is 2.36. The van der Waals surface area contributed by atoms with Crippen molar-refractivity contribution in [3.63, 3.8) is 0 Å². The van der Waals surface area contributed by atoms with Gasteiger partial charge in [-0.05, 0) is 68.0 Å². The van der Waals surface area contributed by atoms with Crippen molar-refractivity contribution in [2.45, 2.75) is 53.9 Å². The fraction of sp³-hybridized carbons (Fsp3) is 0.519. The number of anilines is 2. The number of aliphatic carboxylic acids is 1. The highest BCUT2D eigenvalue weighted by Crippen LogP contribution is 2.34. The minimum atomic E-state index is -1.10. The third-order valence-corrected chi connectivity index (χ3v) is 5.98. The number of hydrogen-bond acceptors (Lipinski definition) is 3. The molecule has 0 saturated carbocycles. The van der Waals surface area contributed by atoms with E-state index in [0.717, 1.165) is 48.7 Å². The van der Waals surface area contributed by atoms with Crippen molar-refractivity contribution in [2.75, 3.05) is 36.0 Å². The van der Waals surface area contributed by atoms with E-state index >= 15 is 0 Å². The molecule has 31 heavy (non-hydrogen) atoms. The number of carboxylic acids is 1. The van der Waals surface area contributed by atoms with Gasteiger partial charge in [-0.1, -0.05) is 52.0 Å². The Morgan fingerprint density at radius 2 is 1.10 bits per heavy atom. The molecule has 4 heteroatoms. The Bertz CT molecular complexity index is 764. The first kappa shape index (κ1) is 24.8. The van der Waals surface area contributed by atoms with Gasteiger partial charge in [-0.15, -0.1) is 0 Å². The van der Waals surface area contributed by atoms with Crippen molar-refractivity contribution in [3.05, 3.63) is 59.7 Å². The van der Waals surface area contributed by atoms with Crippen molar-refractivity contribution in [3.8, 4) is 0 Å². The lowest BCUT2D eigenvalue weighted by Gasteiger charge is -2.30. The molecule has 0 radical (unpaired) electrons. The molecule has 0 aromatic heterocycles. The van der Waals surface area contributed by atoms with E-state index in [1.807, 2.05) is 24.3 Å². The molecule has 0 aliphatic rings. The van der Waals surface area contributed by atoms with Gasteiger partial charge in [-0.25, -0.2) is 0 Å². The molecule has 2 aromatic carbocycles. The molecule has 2 rings (SSSR count). The molecule has 0 saturated heterocycles. The Morgan fingerprint density at radius 1 is 0.774 bits per heavy atom. The highest BCUT2D eigenvalue weighted by atomic mass is 16.4. The van der Waals surface area contributed by atoms with Crippen molar-refractivity contribution in [2.24, 2.45) is 11.8 Å². The maximum atomic E-state index is 12.4. The first-order valence-electron chi connectivity index (χ1n) is 11.6. The molecule has 0 spiro atoms. The van der Waals surface area contributed by atoms with Gasteiger partial charge in [0.05, 0.1) is 0 Å². The normalized spacial score (nSPS) is 11.8. The molecule has 0 aliphatic heterocycles. The van der Waals surface area contributed by atoms with Gasteiger partial charge in [0.25, 0.3) is 0 Å². The summed E-state index contributed by atoms with van der Waals surface area (Å²) < 4.78 is 0. The highest BCUT2D eigenvalue weighted by molar-refractivity contribution is 5.86. The SMILES string of the molecule is CCN(CC(C)C)c1ccc(C(C)(C(=O)O)c2ccc(N(CC)CC(C)C)cc2)cc1. The van der Waals surface area contributed by atoms with Gasteiger partial charge in [-0.2, -0.15) is 0 Å². The van der Waals surface area contributed by atoms with Crippen LogP contribution in [0.25, 0.3) is 0 Å². The van der Waals surface area contributed by atoms with Gasteiger partial charge in [0.2, 0.25) is 0 Å². The standard InChI is InChI=1S/C27H40N2O2/c1-8-28(18-20(3)4)24-14-10-22(11-15-24)27(7,26(30)31)23-12-16-25(17-13-23)29(9-2)19-21(5)6/h10-17,20-21H,8-9,18-19H2,1-7H3,(H,30,31). The molecule has 2 aromatic rings. The van der Waals surface area contributed by atoms with Crippen molar-refractivity contribution in [1.82, 2.24) is 0 Å². The maximum Gasteiger partial charge on any atom is 0.318 e. The molecule has 0 bridgehead atoms. The summed E-state index contributed by atoms with van der Waals surface area (Å²) >= 11 is 0. The van der Waals surface area contributed by atoms with E-state index in [1.165, 1.54) is 0 Å². The van der Waals surface area contributed by atoms with E-state index in [-0.39, 0.29) is 0 Å². The second-order valence-corrected chi connectivity index (χ2v) is 9.39. The monoisotopic (exact) mass is 424 g/mol. The Morgan fingerprint density at radius 3 is 1.32 bits per heavy atom. The average Bonchev–Trinajstić information content (AvgIpc) is 2.75. The van der Waals surface area contributed by atoms with E-state index < -0.39 is 11.4 Å². The van der Waals surface area contributed by atoms with Gasteiger partial charge in [-0.3, -0.25) is 4.79 Å². The third-order valence-electron chi connectivity index (χ3n) is 5.98. The van der Waals surface area contributed by atoms with E-state index in [2.05, 4.69) is 75.6 Å². The minimum Gasteiger partial charge on any atom is -0.480 e. The second-order valence-electron chi connectivity index (χ2n) is 9.39. The number of hydrogen-bond donors (Lipinski definition) is 1. The summed E-state index contributed by atoms with van der Waals surface area (Å²) in [6.45, 7) is 18.8. The van der Waals surface area contributed by atoms with Crippen LogP contribution in [0.1, 0.15) is 59.6 Å². The minimum absolute atomic E-state index is 0.570. The van der Waals surface area contributed by atoms with Crippen LogP contribution in [-0.2, 0) is 10.2 Å². The fourth-order valence-corrected chi connectivity index (χ4v) is 4.14. The predicted molar refractivity (Wildman–Crippen MR) is 132 cm³/mol. The summed E-state index contributed by atoms with van der Waals surface area (Å²) in [5.74, 6) is 0.304. The van der Waals surface area contributed by atoms with E-state index in [4.69, 9.17) is 0 Å². The molecular formula is C27H40N2O2. The molecule has 0 heterocycles. The van der Waals surface area contributed by atoms with Crippen LogP contribution in [0.2, 0.25) is 0 Å². The summed E-state index contributed by atoms with van der Waals surface area (Å²) in [5, 5.41) is 10.2. The zero-order valence-electron chi connectivity index (χ0n) is 20.4. The van der Waals surface area contributed by atoms with Crippen LogP contribution in [-0.4, -0.2) is 37.3 Å². The summed E-state index contributed by atoms with van der Waals surface area (Å²) in [5.41, 5.74) is 2.77. The van der Waals surface area contributed by atoms with E-state index in [0.29, 0.717) is 11.8 Å². The van der Waals surface area contributed by atoms with Gasteiger partial charge >= 0.3 is 5.97 Å².